The molecule has 0 fully saturated rings. The van der Waals surface area contributed by atoms with Crippen molar-refractivity contribution < 1.29 is 14.5 Å². The monoisotopic (exact) mass is 392 g/mol. The van der Waals surface area contributed by atoms with Crippen LogP contribution in [-0.4, -0.2) is 27.5 Å². The van der Waals surface area contributed by atoms with E-state index in [1.165, 1.54) is 18.2 Å². The molecule has 1 heterocycles. The molecule has 8 nitrogen and oxygen atoms in total. The van der Waals surface area contributed by atoms with Crippen molar-refractivity contribution in [3.63, 3.8) is 0 Å². The zero-order valence-corrected chi connectivity index (χ0v) is 16.0. The lowest BCUT2D eigenvalue weighted by atomic mass is 10.1. The van der Waals surface area contributed by atoms with Gasteiger partial charge in [0, 0.05) is 31.6 Å². The van der Waals surface area contributed by atoms with Gasteiger partial charge in [-0.05, 0) is 29.8 Å². The minimum Gasteiger partial charge on any atom is -0.497 e. The molecule has 2 aromatic carbocycles. The van der Waals surface area contributed by atoms with Gasteiger partial charge in [0.2, 0.25) is 5.91 Å². The van der Waals surface area contributed by atoms with Crippen molar-refractivity contribution in [1.82, 2.24) is 14.9 Å². The Kier molecular flexibility index (Phi) is 6.03. The molecule has 0 saturated heterocycles. The number of amides is 1. The highest BCUT2D eigenvalue weighted by Crippen LogP contribution is 2.24. The summed E-state index contributed by atoms with van der Waals surface area (Å²) in [5.74, 6) is 0.899. The summed E-state index contributed by atoms with van der Waals surface area (Å²) in [6.45, 7) is 0. The number of hydrogen-bond donors (Lipinski definition) is 1. The number of methoxy groups -OCH3 is 1. The molecule has 0 saturated carbocycles. The van der Waals surface area contributed by atoms with Crippen molar-refractivity contribution >= 4 is 17.7 Å². The number of carbonyl (C=O) groups is 1. The van der Waals surface area contributed by atoms with Crippen molar-refractivity contribution in [3.8, 4) is 5.75 Å². The maximum absolute atomic E-state index is 12.6. The van der Waals surface area contributed by atoms with Gasteiger partial charge in [0.05, 0.1) is 17.6 Å². The molecule has 1 atom stereocenters. The molecular formula is C21H20N4O4. The van der Waals surface area contributed by atoms with Gasteiger partial charge in [-0.15, -0.1) is 0 Å². The largest absolute Gasteiger partial charge is 0.497 e. The molecule has 1 aromatic heterocycles. The van der Waals surface area contributed by atoms with Crippen LogP contribution in [-0.2, 0) is 11.8 Å². The van der Waals surface area contributed by atoms with E-state index in [2.05, 4.69) is 10.3 Å². The van der Waals surface area contributed by atoms with Crippen LogP contribution in [0.5, 0.6) is 5.75 Å². The Morgan fingerprint density at radius 2 is 2.07 bits per heavy atom. The summed E-state index contributed by atoms with van der Waals surface area (Å²) in [6.07, 6.45) is 6.14. The molecule has 0 aliphatic carbocycles. The fourth-order valence-electron chi connectivity index (χ4n) is 2.92. The van der Waals surface area contributed by atoms with Gasteiger partial charge in [0.25, 0.3) is 5.69 Å². The van der Waals surface area contributed by atoms with Gasteiger partial charge in [0.15, 0.2) is 0 Å². The van der Waals surface area contributed by atoms with E-state index in [9.17, 15) is 14.9 Å². The van der Waals surface area contributed by atoms with Crippen LogP contribution in [0, 0.1) is 10.1 Å². The maximum atomic E-state index is 12.6. The van der Waals surface area contributed by atoms with E-state index in [4.69, 9.17) is 4.74 Å². The number of nitro groups is 1. The molecule has 0 bridgehead atoms. The minimum atomic E-state index is -0.520. The van der Waals surface area contributed by atoms with Crippen molar-refractivity contribution in [3.05, 3.63) is 94.1 Å². The van der Waals surface area contributed by atoms with Crippen LogP contribution in [0.15, 0.2) is 67.0 Å². The molecule has 148 valence electrons. The first-order chi connectivity index (χ1) is 14.0. The number of nitrogens with one attached hydrogen (secondary N) is 1. The van der Waals surface area contributed by atoms with E-state index in [1.807, 2.05) is 35.9 Å². The molecule has 0 radical (unpaired) electrons. The quantitative estimate of drug-likeness (QED) is 0.378. The molecular weight excluding hydrogens is 372 g/mol. The molecule has 1 N–H and O–H groups in total. The zero-order valence-electron chi connectivity index (χ0n) is 16.0. The van der Waals surface area contributed by atoms with Gasteiger partial charge in [-0.1, -0.05) is 24.3 Å². The number of hydrogen-bond acceptors (Lipinski definition) is 5. The lowest BCUT2D eigenvalue weighted by Gasteiger charge is -2.19. The van der Waals surface area contributed by atoms with Gasteiger partial charge < -0.3 is 14.6 Å². The predicted octanol–water partition coefficient (Wildman–Crippen LogP) is 3.26. The zero-order chi connectivity index (χ0) is 20.8. The summed E-state index contributed by atoms with van der Waals surface area (Å²) in [6, 6.07) is 13.1. The first-order valence-corrected chi connectivity index (χ1v) is 8.82. The summed E-state index contributed by atoms with van der Waals surface area (Å²) in [4.78, 5) is 27.6. The highest BCUT2D eigenvalue weighted by Gasteiger charge is 2.20. The van der Waals surface area contributed by atoms with E-state index in [1.54, 1.807) is 37.7 Å². The lowest BCUT2D eigenvalue weighted by molar-refractivity contribution is -0.385. The Bertz CT molecular complexity index is 1060. The van der Waals surface area contributed by atoms with Crippen LogP contribution in [0.4, 0.5) is 5.69 Å². The minimum absolute atomic E-state index is 0.0648. The van der Waals surface area contributed by atoms with E-state index in [0.717, 1.165) is 5.56 Å². The average Bonchev–Trinajstić information content (AvgIpc) is 3.16. The van der Waals surface area contributed by atoms with Crippen LogP contribution in [0.1, 0.15) is 23.0 Å². The van der Waals surface area contributed by atoms with E-state index >= 15 is 0 Å². The highest BCUT2D eigenvalue weighted by molar-refractivity contribution is 5.92. The van der Waals surface area contributed by atoms with Crippen LogP contribution in [0.3, 0.4) is 0 Å². The smallest absolute Gasteiger partial charge is 0.276 e. The van der Waals surface area contributed by atoms with Crippen molar-refractivity contribution in [2.24, 2.45) is 7.05 Å². The Balaban J connectivity index is 1.87. The van der Waals surface area contributed by atoms with E-state index in [-0.39, 0.29) is 5.69 Å². The van der Waals surface area contributed by atoms with Crippen molar-refractivity contribution in [2.45, 2.75) is 6.04 Å². The predicted molar refractivity (Wildman–Crippen MR) is 108 cm³/mol. The number of nitro benzene ring substituents is 1. The average molecular weight is 392 g/mol. The number of benzene rings is 2. The molecule has 3 aromatic rings. The van der Waals surface area contributed by atoms with Crippen LogP contribution < -0.4 is 10.1 Å². The van der Waals surface area contributed by atoms with Crippen LogP contribution >= 0.6 is 0 Å². The summed E-state index contributed by atoms with van der Waals surface area (Å²) in [5.41, 5.74) is 1.08. The van der Waals surface area contributed by atoms with Gasteiger partial charge in [-0.25, -0.2) is 4.98 Å². The number of nitrogens with zero attached hydrogens (tertiary/aromatic N) is 3. The molecule has 1 unspecified atom stereocenters. The molecule has 0 aliphatic rings. The summed E-state index contributed by atoms with van der Waals surface area (Å²) in [5, 5.41) is 14.0. The topological polar surface area (TPSA) is 99.3 Å². The molecule has 0 aliphatic heterocycles. The number of rotatable bonds is 7. The third-order valence-corrected chi connectivity index (χ3v) is 4.38. The maximum Gasteiger partial charge on any atom is 0.276 e. The Morgan fingerprint density at radius 3 is 2.76 bits per heavy atom. The third-order valence-electron chi connectivity index (χ3n) is 4.38. The first kappa shape index (κ1) is 19.8. The number of aryl methyl sites for hydroxylation is 1. The van der Waals surface area contributed by atoms with E-state index < -0.39 is 16.9 Å². The van der Waals surface area contributed by atoms with Crippen LogP contribution in [0.25, 0.3) is 6.08 Å². The molecule has 1 amide bonds. The second kappa shape index (κ2) is 8.83. The van der Waals surface area contributed by atoms with Gasteiger partial charge >= 0.3 is 0 Å². The third kappa shape index (κ3) is 4.67. The van der Waals surface area contributed by atoms with Crippen LogP contribution in [0.2, 0.25) is 0 Å². The number of ether oxygens (including phenoxy) is 1. The fourth-order valence-corrected chi connectivity index (χ4v) is 2.92. The highest BCUT2D eigenvalue weighted by atomic mass is 16.6. The SMILES string of the molecule is COc1cccc(C(NC(=O)/C=C/c2ccccc2[N+](=O)[O-])c2nccn2C)c1. The number of para-hydroxylation sites is 1. The number of aromatic nitrogens is 2. The normalized spacial score (nSPS) is 11.9. The van der Waals surface area contributed by atoms with Crippen molar-refractivity contribution in [1.29, 1.82) is 0 Å². The Hall–Kier alpha value is -3.94. The summed E-state index contributed by atoms with van der Waals surface area (Å²) in [7, 11) is 3.41. The number of carbonyl (C=O) groups excluding carboxylic acids is 1. The Morgan fingerprint density at radius 1 is 1.28 bits per heavy atom. The molecule has 8 heteroatoms. The van der Waals surface area contributed by atoms with Gasteiger partial charge in [-0.2, -0.15) is 0 Å². The second-order valence-electron chi connectivity index (χ2n) is 6.26. The van der Waals surface area contributed by atoms with Gasteiger partial charge in [0.1, 0.15) is 17.6 Å². The van der Waals surface area contributed by atoms with Crippen molar-refractivity contribution in [2.75, 3.05) is 7.11 Å². The molecule has 3 rings (SSSR count). The summed E-state index contributed by atoms with van der Waals surface area (Å²) >= 11 is 0. The standard InChI is InChI=1S/C21H20N4O4/c1-24-13-12-22-21(24)20(16-7-5-8-17(14-16)29-2)23-19(26)11-10-15-6-3-4-9-18(15)25(27)28/h3-14,20H,1-2H3,(H,23,26)/b11-10+. The first-order valence-electron chi connectivity index (χ1n) is 8.82. The molecule has 29 heavy (non-hydrogen) atoms. The van der Waals surface area contributed by atoms with Gasteiger partial charge in [-0.3, -0.25) is 14.9 Å². The molecule has 0 spiro atoms. The summed E-state index contributed by atoms with van der Waals surface area (Å²) < 4.78 is 7.10. The number of imidazole rings is 1. The Labute approximate surface area is 167 Å². The second-order valence-corrected chi connectivity index (χ2v) is 6.26. The fraction of sp³-hybridized carbons (Fsp3) is 0.143. The van der Waals surface area contributed by atoms with E-state index in [0.29, 0.717) is 17.1 Å². The lowest BCUT2D eigenvalue weighted by Crippen LogP contribution is -2.29.